The number of hydrogen-bond donors (Lipinski definition) is 1. The number of nitrogens with zero attached hydrogens (tertiary/aromatic N) is 3. The Balaban J connectivity index is 1.40. The lowest BCUT2D eigenvalue weighted by Crippen LogP contribution is -2.15. The number of amides is 1. The van der Waals surface area contributed by atoms with Crippen molar-refractivity contribution in [3.8, 4) is 11.5 Å². The fraction of sp³-hybridized carbons (Fsp3) is 0.409. The zero-order chi connectivity index (χ0) is 21.6. The molecule has 1 fully saturated rings. The van der Waals surface area contributed by atoms with Crippen LogP contribution < -0.4 is 14.8 Å². The van der Waals surface area contributed by atoms with E-state index < -0.39 is 0 Å². The van der Waals surface area contributed by atoms with Gasteiger partial charge in [-0.1, -0.05) is 11.8 Å². The van der Waals surface area contributed by atoms with Crippen LogP contribution in [0, 0.1) is 0 Å². The molecule has 0 bridgehead atoms. The molecule has 0 aliphatic heterocycles. The summed E-state index contributed by atoms with van der Waals surface area (Å²) in [6, 6.07) is 9.19. The van der Waals surface area contributed by atoms with E-state index in [1.54, 1.807) is 24.5 Å². The highest BCUT2D eigenvalue weighted by Crippen LogP contribution is 2.40. The van der Waals surface area contributed by atoms with Gasteiger partial charge in [-0.05, 0) is 51.0 Å². The number of hydrogen-bond acceptors (Lipinski definition) is 7. The first-order valence-electron chi connectivity index (χ1n) is 10.5. The fourth-order valence-electron chi connectivity index (χ4n) is 3.21. The minimum atomic E-state index is -0.128. The van der Waals surface area contributed by atoms with Gasteiger partial charge in [-0.25, -0.2) is 0 Å². The molecule has 1 saturated carbocycles. The molecular formula is C22H26N4O4S. The first-order valence-corrected chi connectivity index (χ1v) is 11.4. The summed E-state index contributed by atoms with van der Waals surface area (Å²) in [7, 11) is 0. The number of anilines is 1. The van der Waals surface area contributed by atoms with Crippen molar-refractivity contribution in [3.05, 3.63) is 48.2 Å². The molecule has 31 heavy (non-hydrogen) atoms. The molecule has 1 aliphatic rings. The zero-order valence-electron chi connectivity index (χ0n) is 17.7. The van der Waals surface area contributed by atoms with Crippen LogP contribution >= 0.6 is 11.8 Å². The number of nitrogens with one attached hydrogen (secondary N) is 1. The summed E-state index contributed by atoms with van der Waals surface area (Å²) in [6.45, 7) is 5.45. The molecule has 1 N–H and O–H groups in total. The maximum atomic E-state index is 12.6. The fourth-order valence-corrected chi connectivity index (χ4v) is 3.96. The third-order valence-electron chi connectivity index (χ3n) is 4.74. The first-order chi connectivity index (χ1) is 15.2. The number of thioether (sulfide) groups is 1. The molecule has 0 atom stereocenters. The standard InChI is InChI=1S/C22H26N4O4S/c1-3-28-18-10-9-16(12-19(18)29-4-2)23-20(27)14-31-22-25-24-21(15-7-8-15)26(22)13-17-6-5-11-30-17/h5-6,9-12,15H,3-4,7-8,13-14H2,1-2H3,(H,23,27). The number of carbonyl (C=O) groups excluding carboxylic acids is 1. The van der Waals surface area contributed by atoms with Crippen molar-refractivity contribution in [1.29, 1.82) is 0 Å². The highest BCUT2D eigenvalue weighted by Gasteiger charge is 2.30. The first kappa shape index (κ1) is 21.3. The maximum absolute atomic E-state index is 12.6. The Hall–Kier alpha value is -2.94. The Morgan fingerprint density at radius 3 is 2.71 bits per heavy atom. The molecule has 1 aliphatic carbocycles. The Bertz CT molecular complexity index is 1010. The van der Waals surface area contributed by atoms with E-state index in [0.717, 1.165) is 29.6 Å². The van der Waals surface area contributed by atoms with Crippen molar-refractivity contribution >= 4 is 23.4 Å². The quantitative estimate of drug-likeness (QED) is 0.442. The van der Waals surface area contributed by atoms with Gasteiger partial charge in [0, 0.05) is 17.7 Å². The van der Waals surface area contributed by atoms with Crippen molar-refractivity contribution in [2.24, 2.45) is 0 Å². The Kier molecular flexibility index (Phi) is 6.81. The lowest BCUT2D eigenvalue weighted by Gasteiger charge is -2.13. The van der Waals surface area contributed by atoms with Gasteiger partial charge in [0.25, 0.3) is 0 Å². The van der Waals surface area contributed by atoms with Gasteiger partial charge >= 0.3 is 0 Å². The highest BCUT2D eigenvalue weighted by molar-refractivity contribution is 7.99. The molecule has 164 valence electrons. The topological polar surface area (TPSA) is 91.4 Å². The van der Waals surface area contributed by atoms with E-state index in [4.69, 9.17) is 13.9 Å². The van der Waals surface area contributed by atoms with Crippen molar-refractivity contribution in [2.45, 2.75) is 44.3 Å². The average molecular weight is 443 g/mol. The molecule has 1 aromatic carbocycles. The third-order valence-corrected chi connectivity index (χ3v) is 5.71. The van der Waals surface area contributed by atoms with Crippen LogP contribution in [0.2, 0.25) is 0 Å². The average Bonchev–Trinajstić information content (AvgIpc) is 3.32. The number of furan rings is 1. The van der Waals surface area contributed by atoms with E-state index in [1.807, 2.05) is 26.0 Å². The summed E-state index contributed by atoms with van der Waals surface area (Å²) in [5, 5.41) is 12.3. The van der Waals surface area contributed by atoms with Crippen molar-refractivity contribution < 1.29 is 18.7 Å². The molecule has 2 heterocycles. The Morgan fingerprint density at radius 1 is 1.19 bits per heavy atom. The lowest BCUT2D eigenvalue weighted by atomic mass is 10.2. The summed E-state index contributed by atoms with van der Waals surface area (Å²) in [4.78, 5) is 12.6. The van der Waals surface area contributed by atoms with E-state index in [-0.39, 0.29) is 11.7 Å². The summed E-state index contributed by atoms with van der Waals surface area (Å²) in [5.41, 5.74) is 0.660. The summed E-state index contributed by atoms with van der Waals surface area (Å²) in [6.07, 6.45) is 3.91. The normalized spacial score (nSPS) is 13.2. The largest absolute Gasteiger partial charge is 0.490 e. The number of benzene rings is 1. The van der Waals surface area contributed by atoms with Crippen LogP contribution in [0.4, 0.5) is 5.69 Å². The lowest BCUT2D eigenvalue weighted by molar-refractivity contribution is -0.113. The van der Waals surface area contributed by atoms with Gasteiger partial charge in [0.05, 0.1) is 31.8 Å². The van der Waals surface area contributed by atoms with E-state index >= 15 is 0 Å². The van der Waals surface area contributed by atoms with Crippen molar-refractivity contribution in [2.75, 3.05) is 24.3 Å². The molecule has 1 amide bonds. The zero-order valence-corrected chi connectivity index (χ0v) is 18.5. The monoisotopic (exact) mass is 442 g/mol. The van der Waals surface area contributed by atoms with Crippen LogP contribution in [0.15, 0.2) is 46.2 Å². The molecule has 4 rings (SSSR count). The van der Waals surface area contributed by atoms with Crippen LogP contribution in [0.5, 0.6) is 11.5 Å². The minimum absolute atomic E-state index is 0.128. The van der Waals surface area contributed by atoms with Gasteiger partial charge in [0.1, 0.15) is 11.6 Å². The summed E-state index contributed by atoms with van der Waals surface area (Å²) >= 11 is 1.37. The van der Waals surface area contributed by atoms with Gasteiger partial charge < -0.3 is 19.2 Å². The summed E-state index contributed by atoms with van der Waals surface area (Å²) < 4.78 is 18.7. The van der Waals surface area contributed by atoms with Crippen LogP contribution in [0.25, 0.3) is 0 Å². The third kappa shape index (κ3) is 5.41. The highest BCUT2D eigenvalue weighted by atomic mass is 32.2. The minimum Gasteiger partial charge on any atom is -0.490 e. The summed E-state index contributed by atoms with van der Waals surface area (Å²) in [5.74, 6) is 3.62. The number of aromatic nitrogens is 3. The maximum Gasteiger partial charge on any atom is 0.234 e. The Morgan fingerprint density at radius 2 is 2.00 bits per heavy atom. The molecule has 8 nitrogen and oxygen atoms in total. The van der Waals surface area contributed by atoms with Crippen molar-refractivity contribution in [1.82, 2.24) is 14.8 Å². The second-order valence-corrected chi connectivity index (χ2v) is 8.09. The Labute approximate surface area is 185 Å². The predicted octanol–water partition coefficient (Wildman–Crippen LogP) is 4.33. The molecule has 2 aromatic heterocycles. The van der Waals surface area contributed by atoms with Gasteiger partial charge in [-0.15, -0.1) is 10.2 Å². The number of ether oxygens (including phenoxy) is 2. The van der Waals surface area contributed by atoms with Crippen LogP contribution in [0.1, 0.15) is 44.2 Å². The van der Waals surface area contributed by atoms with Crippen LogP contribution in [-0.2, 0) is 11.3 Å². The van der Waals surface area contributed by atoms with Gasteiger partial charge in [-0.3, -0.25) is 9.36 Å². The second-order valence-electron chi connectivity index (χ2n) is 7.14. The smallest absolute Gasteiger partial charge is 0.234 e. The second kappa shape index (κ2) is 9.91. The van der Waals surface area contributed by atoms with Gasteiger partial charge in [0.2, 0.25) is 5.91 Å². The van der Waals surface area contributed by atoms with Crippen molar-refractivity contribution in [3.63, 3.8) is 0 Å². The van der Waals surface area contributed by atoms with E-state index in [9.17, 15) is 4.79 Å². The molecule has 9 heteroatoms. The van der Waals surface area contributed by atoms with Crippen LogP contribution in [-0.4, -0.2) is 39.6 Å². The van der Waals surface area contributed by atoms with E-state index in [0.29, 0.717) is 42.9 Å². The van der Waals surface area contributed by atoms with Gasteiger partial charge in [-0.2, -0.15) is 0 Å². The number of carbonyl (C=O) groups is 1. The van der Waals surface area contributed by atoms with Crippen LogP contribution in [0.3, 0.4) is 0 Å². The predicted molar refractivity (Wildman–Crippen MR) is 118 cm³/mol. The van der Waals surface area contributed by atoms with E-state index in [1.165, 1.54) is 11.8 Å². The molecule has 3 aromatic rings. The molecular weight excluding hydrogens is 416 g/mol. The molecule has 0 radical (unpaired) electrons. The molecule has 0 unspecified atom stereocenters. The van der Waals surface area contributed by atoms with E-state index in [2.05, 4.69) is 20.1 Å². The number of rotatable bonds is 11. The SMILES string of the molecule is CCOc1ccc(NC(=O)CSc2nnc(C3CC3)n2Cc2ccco2)cc1OCC. The van der Waals surface area contributed by atoms with Gasteiger partial charge in [0.15, 0.2) is 16.7 Å². The molecule has 0 saturated heterocycles. The molecule has 0 spiro atoms.